The minimum atomic E-state index is -0.541. The molecule has 1 aliphatic carbocycles. The predicted octanol–water partition coefficient (Wildman–Crippen LogP) is 2.60. The number of nitrogens with zero attached hydrogens (tertiary/aromatic N) is 5. The van der Waals surface area contributed by atoms with Crippen molar-refractivity contribution in [2.24, 2.45) is 0 Å². The van der Waals surface area contributed by atoms with Crippen LogP contribution in [-0.4, -0.2) is 78.8 Å². The van der Waals surface area contributed by atoms with E-state index in [9.17, 15) is 9.59 Å². The van der Waals surface area contributed by atoms with Crippen molar-refractivity contribution in [1.82, 2.24) is 35.1 Å². The molecule has 1 saturated carbocycles. The molecule has 5 heterocycles. The van der Waals surface area contributed by atoms with Gasteiger partial charge in [-0.15, -0.1) is 0 Å². The fourth-order valence-electron chi connectivity index (χ4n) is 5.76. The Balaban J connectivity index is 1.19. The third-order valence-electron chi connectivity index (χ3n) is 7.96. The maximum absolute atomic E-state index is 13.7. The van der Waals surface area contributed by atoms with Gasteiger partial charge in [0.1, 0.15) is 0 Å². The Hall–Kier alpha value is -2.88. The highest BCUT2D eigenvalue weighted by Crippen LogP contribution is 2.42. The van der Waals surface area contributed by atoms with Crippen molar-refractivity contribution in [1.29, 1.82) is 0 Å². The van der Waals surface area contributed by atoms with Crippen LogP contribution < -0.4 is 5.32 Å². The summed E-state index contributed by atoms with van der Waals surface area (Å²) in [6.45, 7) is 9.49. The second kappa shape index (κ2) is 7.31. The van der Waals surface area contributed by atoms with Gasteiger partial charge in [-0.2, -0.15) is 10.2 Å². The lowest BCUT2D eigenvalue weighted by molar-refractivity contribution is 0.0454. The van der Waals surface area contributed by atoms with Gasteiger partial charge in [0.25, 0.3) is 5.91 Å². The van der Waals surface area contributed by atoms with Crippen LogP contribution in [0.5, 0.6) is 0 Å². The summed E-state index contributed by atoms with van der Waals surface area (Å²) in [7, 11) is 0. The molecule has 2 atom stereocenters. The van der Waals surface area contributed by atoms with E-state index in [-0.39, 0.29) is 18.0 Å². The van der Waals surface area contributed by atoms with Crippen LogP contribution in [0.4, 0.5) is 10.6 Å². The molecule has 6 rings (SSSR count). The van der Waals surface area contributed by atoms with Gasteiger partial charge >= 0.3 is 6.03 Å². The van der Waals surface area contributed by atoms with E-state index in [2.05, 4.69) is 37.5 Å². The lowest BCUT2D eigenvalue weighted by Gasteiger charge is -2.45. The fraction of sp³-hybridized carbons (Fsp3) is 0.652. The molecule has 0 bridgehead atoms. The van der Waals surface area contributed by atoms with Gasteiger partial charge in [0, 0.05) is 42.3 Å². The van der Waals surface area contributed by atoms with Crippen molar-refractivity contribution >= 4 is 17.8 Å². The summed E-state index contributed by atoms with van der Waals surface area (Å²) in [6.07, 6.45) is 4.66. The number of anilines is 1. The number of carbonyl (C=O) groups is 2. The number of amides is 3. The van der Waals surface area contributed by atoms with E-state index in [1.165, 1.54) is 6.42 Å². The summed E-state index contributed by atoms with van der Waals surface area (Å²) in [5, 5.41) is 17.5. The molecule has 4 aliphatic rings. The Kier molecular flexibility index (Phi) is 4.59. The normalized spacial score (nSPS) is 26.4. The van der Waals surface area contributed by atoms with Gasteiger partial charge in [0.2, 0.25) is 0 Å². The fourth-order valence-corrected chi connectivity index (χ4v) is 5.76. The molecule has 0 radical (unpaired) electrons. The molecule has 3 amide bonds. The molecule has 10 nitrogen and oxygen atoms in total. The minimum absolute atomic E-state index is 0.0577. The first-order chi connectivity index (χ1) is 15.8. The van der Waals surface area contributed by atoms with Crippen molar-refractivity contribution in [3.05, 3.63) is 28.7 Å². The number of carbonyl (C=O) groups excluding carboxylic acids is 2. The van der Waals surface area contributed by atoms with Crippen molar-refractivity contribution < 1.29 is 9.59 Å². The first-order valence-corrected chi connectivity index (χ1v) is 12.1. The SMILES string of the molecule is C[C@H]1CN2CCC[C@H]2CN1C(=O)N1Cc2c(NC(=O)c3cc(C4CC4)[nH]n3)n[nH]c2C1(C)C. The molecule has 2 saturated heterocycles. The van der Waals surface area contributed by atoms with Gasteiger partial charge < -0.3 is 15.1 Å². The summed E-state index contributed by atoms with van der Waals surface area (Å²) in [4.78, 5) is 33.0. The number of aromatic amines is 2. The zero-order valence-corrected chi connectivity index (χ0v) is 19.5. The highest BCUT2D eigenvalue weighted by molar-refractivity contribution is 6.03. The molecule has 0 aromatic carbocycles. The number of piperazine rings is 1. The second-order valence-electron chi connectivity index (χ2n) is 10.6. The number of rotatable bonds is 3. The summed E-state index contributed by atoms with van der Waals surface area (Å²) in [5.41, 5.74) is 2.58. The molecule has 33 heavy (non-hydrogen) atoms. The van der Waals surface area contributed by atoms with E-state index in [0.29, 0.717) is 30.0 Å². The Bertz CT molecular complexity index is 1100. The van der Waals surface area contributed by atoms with Crippen molar-refractivity contribution in [2.45, 2.75) is 76.5 Å². The minimum Gasteiger partial charge on any atom is -0.319 e. The van der Waals surface area contributed by atoms with E-state index in [1.807, 2.05) is 29.7 Å². The average molecular weight is 453 g/mol. The molecule has 2 aromatic heterocycles. The van der Waals surface area contributed by atoms with Gasteiger partial charge in [0.15, 0.2) is 11.5 Å². The summed E-state index contributed by atoms with van der Waals surface area (Å²) in [5.74, 6) is 0.687. The number of nitrogens with one attached hydrogen (secondary N) is 3. The van der Waals surface area contributed by atoms with Gasteiger partial charge in [-0.05, 0) is 59.1 Å². The van der Waals surface area contributed by atoms with Crippen LogP contribution >= 0.6 is 0 Å². The van der Waals surface area contributed by atoms with Gasteiger partial charge in [0.05, 0.1) is 17.8 Å². The molecule has 2 aromatic rings. The van der Waals surface area contributed by atoms with E-state index in [4.69, 9.17) is 0 Å². The highest BCUT2D eigenvalue weighted by Gasteiger charge is 2.47. The molecule has 10 heteroatoms. The lowest BCUT2D eigenvalue weighted by Crippen LogP contribution is -2.60. The van der Waals surface area contributed by atoms with E-state index in [1.54, 1.807) is 0 Å². The molecule has 0 spiro atoms. The molecule has 176 valence electrons. The predicted molar refractivity (Wildman–Crippen MR) is 122 cm³/mol. The maximum Gasteiger partial charge on any atom is 0.321 e. The average Bonchev–Trinajstić information content (AvgIpc) is 3.13. The Labute approximate surface area is 193 Å². The van der Waals surface area contributed by atoms with Crippen LogP contribution in [-0.2, 0) is 12.1 Å². The topological polar surface area (TPSA) is 113 Å². The van der Waals surface area contributed by atoms with Gasteiger partial charge in [-0.1, -0.05) is 0 Å². The van der Waals surface area contributed by atoms with E-state index >= 15 is 0 Å². The molecule has 3 N–H and O–H groups in total. The van der Waals surface area contributed by atoms with Crippen LogP contribution in [0.3, 0.4) is 0 Å². The number of hydrogen-bond donors (Lipinski definition) is 3. The summed E-state index contributed by atoms with van der Waals surface area (Å²) < 4.78 is 0. The van der Waals surface area contributed by atoms with Crippen molar-refractivity contribution in [3.8, 4) is 0 Å². The second-order valence-corrected chi connectivity index (χ2v) is 10.6. The number of H-pyrrole nitrogens is 2. The molecule has 3 fully saturated rings. The highest BCUT2D eigenvalue weighted by atomic mass is 16.2. The number of fused-ring (bicyclic) bond motifs is 2. The molecular weight excluding hydrogens is 420 g/mol. The van der Waals surface area contributed by atoms with Crippen LogP contribution in [0, 0.1) is 0 Å². The third kappa shape index (κ3) is 3.34. The third-order valence-corrected chi connectivity index (χ3v) is 7.96. The maximum atomic E-state index is 13.7. The summed E-state index contributed by atoms with van der Waals surface area (Å²) in [6, 6.07) is 2.53. The monoisotopic (exact) mass is 452 g/mol. The van der Waals surface area contributed by atoms with E-state index in [0.717, 1.165) is 55.8 Å². The zero-order chi connectivity index (χ0) is 22.9. The Morgan fingerprint density at radius 3 is 2.76 bits per heavy atom. The molecular formula is C23H32N8O2. The molecule has 0 unspecified atom stereocenters. The van der Waals surface area contributed by atoms with Crippen molar-refractivity contribution in [3.63, 3.8) is 0 Å². The van der Waals surface area contributed by atoms with Crippen LogP contribution in [0.25, 0.3) is 0 Å². The zero-order valence-electron chi connectivity index (χ0n) is 19.5. The van der Waals surface area contributed by atoms with Crippen molar-refractivity contribution in [2.75, 3.05) is 25.0 Å². The number of aromatic nitrogens is 4. The van der Waals surface area contributed by atoms with Crippen LogP contribution in [0.15, 0.2) is 6.07 Å². The summed E-state index contributed by atoms with van der Waals surface area (Å²) >= 11 is 0. The Morgan fingerprint density at radius 1 is 1.15 bits per heavy atom. The quantitative estimate of drug-likeness (QED) is 0.663. The van der Waals surface area contributed by atoms with Crippen LogP contribution in [0.2, 0.25) is 0 Å². The first-order valence-electron chi connectivity index (χ1n) is 12.1. The van der Waals surface area contributed by atoms with Gasteiger partial charge in [-0.3, -0.25) is 19.9 Å². The largest absolute Gasteiger partial charge is 0.321 e. The lowest BCUT2D eigenvalue weighted by atomic mass is 10.0. The number of hydrogen-bond acceptors (Lipinski definition) is 5. The Morgan fingerprint density at radius 2 is 1.97 bits per heavy atom. The smallest absolute Gasteiger partial charge is 0.319 e. The van der Waals surface area contributed by atoms with E-state index < -0.39 is 5.54 Å². The van der Waals surface area contributed by atoms with Gasteiger partial charge in [-0.25, -0.2) is 4.79 Å². The molecule has 3 aliphatic heterocycles. The standard InChI is InChI=1S/C23H32N8O2/c1-13-10-29-8-4-5-15(29)11-30(13)22(33)31-12-16-19(23(31,2)3)27-28-20(16)24-21(32)18-9-17(25-26-18)14-6-7-14/h9,13-15H,4-8,10-12H2,1-3H3,(H,25,26)(H2,24,27,28,32)/t13-,15-/m0/s1. The number of urea groups is 1. The van der Waals surface area contributed by atoms with Crippen LogP contribution in [0.1, 0.15) is 79.8 Å². The first kappa shape index (κ1) is 20.7.